The third-order valence-corrected chi connectivity index (χ3v) is 14.2. The Morgan fingerprint density at radius 3 is 2.45 bits per heavy atom. The largest absolute Gasteiger partial charge is 0.456 e. The number of ether oxygens (including phenoxy) is 1. The second-order valence-corrected chi connectivity index (χ2v) is 19.8. The molecule has 2 heterocycles. The van der Waals surface area contributed by atoms with Crippen LogP contribution in [0.15, 0.2) is 102 Å². The Balaban J connectivity index is 0.979. The van der Waals surface area contributed by atoms with Gasteiger partial charge in [-0.05, 0) is 147 Å². The number of piperazine rings is 1. The predicted molar refractivity (Wildman–Crippen MR) is 242 cm³/mol. The van der Waals surface area contributed by atoms with Gasteiger partial charge in [0.25, 0.3) is 15.9 Å². The van der Waals surface area contributed by atoms with Gasteiger partial charge in [0.1, 0.15) is 11.5 Å². The van der Waals surface area contributed by atoms with Crippen molar-refractivity contribution in [2.24, 2.45) is 11.3 Å². The number of halogens is 1. The van der Waals surface area contributed by atoms with E-state index in [0.717, 1.165) is 117 Å². The zero-order valence-corrected chi connectivity index (χ0v) is 36.3. The molecule has 316 valence electrons. The van der Waals surface area contributed by atoms with Gasteiger partial charge in [-0.2, -0.15) is 0 Å². The number of fused-ring (bicyclic) bond motifs is 1. The summed E-state index contributed by atoms with van der Waals surface area (Å²) in [6.45, 7) is 11.6. The van der Waals surface area contributed by atoms with Gasteiger partial charge in [-0.1, -0.05) is 43.2 Å². The smallest absolute Gasteiger partial charge is 0.268 e. The molecule has 0 atom stereocenters. The molecule has 1 saturated carbocycles. The molecule has 3 aliphatic rings. The van der Waals surface area contributed by atoms with Gasteiger partial charge in [-0.15, -0.1) is 0 Å². The van der Waals surface area contributed by atoms with Crippen molar-refractivity contribution in [2.45, 2.75) is 76.7 Å². The molecule has 2 fully saturated rings. The topological polar surface area (TPSA) is 127 Å². The Morgan fingerprint density at radius 2 is 1.70 bits per heavy atom. The molecule has 0 unspecified atom stereocenters. The molecule has 8 rings (SSSR count). The zero-order chi connectivity index (χ0) is 42.0. The number of hydrogen-bond donors (Lipinski definition) is 4. The number of nitrogens with zero attached hydrogens (tertiary/aromatic N) is 2. The van der Waals surface area contributed by atoms with Crippen molar-refractivity contribution < 1.29 is 23.1 Å². The lowest BCUT2D eigenvalue weighted by Crippen LogP contribution is -2.47. The molecule has 4 N–H and O–H groups in total. The molecule has 1 aliphatic heterocycles. The first-order valence-corrected chi connectivity index (χ1v) is 23.1. The van der Waals surface area contributed by atoms with Crippen LogP contribution < -0.4 is 19.7 Å². The minimum atomic E-state index is -4.22. The van der Waals surface area contributed by atoms with Gasteiger partial charge in [0.2, 0.25) is 0 Å². The van der Waals surface area contributed by atoms with Crippen LogP contribution in [0.4, 0.5) is 11.4 Å². The van der Waals surface area contributed by atoms with Crippen LogP contribution in [0.5, 0.6) is 11.5 Å². The lowest BCUT2D eigenvalue weighted by atomic mass is 9.72. The molecule has 1 aromatic heterocycles. The Hall–Kier alpha value is -4.81. The highest BCUT2D eigenvalue weighted by molar-refractivity contribution is 7.90. The molecule has 10 nitrogen and oxygen atoms in total. The van der Waals surface area contributed by atoms with Crippen molar-refractivity contribution in [3.63, 3.8) is 0 Å². The Labute approximate surface area is 359 Å². The second-order valence-electron chi connectivity index (χ2n) is 17.7. The van der Waals surface area contributed by atoms with Gasteiger partial charge in [0.15, 0.2) is 0 Å². The van der Waals surface area contributed by atoms with Crippen LogP contribution >= 0.6 is 11.6 Å². The van der Waals surface area contributed by atoms with Crippen molar-refractivity contribution in [1.82, 2.24) is 14.6 Å². The molecule has 2 aliphatic carbocycles. The lowest BCUT2D eigenvalue weighted by molar-refractivity contribution is 0.0979. The van der Waals surface area contributed by atoms with Crippen LogP contribution in [-0.4, -0.2) is 74.7 Å². The summed E-state index contributed by atoms with van der Waals surface area (Å²) in [5, 5.41) is 15.0. The summed E-state index contributed by atoms with van der Waals surface area (Å²) >= 11 is 6.25. The van der Waals surface area contributed by atoms with Crippen molar-refractivity contribution in [1.29, 1.82) is 0 Å². The lowest BCUT2D eigenvalue weighted by Gasteiger charge is -2.39. The van der Waals surface area contributed by atoms with E-state index >= 15 is 0 Å². The van der Waals surface area contributed by atoms with Gasteiger partial charge in [0, 0.05) is 78.8 Å². The number of hydrogen-bond acceptors (Lipinski definition) is 8. The van der Waals surface area contributed by atoms with Crippen molar-refractivity contribution in [2.75, 3.05) is 49.5 Å². The number of aliphatic hydroxyl groups is 1. The van der Waals surface area contributed by atoms with Crippen LogP contribution in [0, 0.1) is 18.3 Å². The molecule has 1 saturated heterocycles. The number of carbonyl (C=O) groups is 1. The average molecular weight is 851 g/mol. The van der Waals surface area contributed by atoms with Gasteiger partial charge in [-0.25, -0.2) is 13.1 Å². The number of allylic oxidation sites excluding steroid dienone is 1. The number of anilines is 2. The summed E-state index contributed by atoms with van der Waals surface area (Å²) < 4.78 is 36.1. The molecule has 5 aromatic rings. The van der Waals surface area contributed by atoms with E-state index in [2.05, 4.69) is 50.8 Å². The van der Waals surface area contributed by atoms with E-state index in [1.54, 1.807) is 18.2 Å². The molecule has 60 heavy (non-hydrogen) atoms. The fourth-order valence-corrected chi connectivity index (χ4v) is 10.1. The Bertz CT molecular complexity index is 2480. The number of H-pyrrole nitrogens is 1. The van der Waals surface area contributed by atoms with Gasteiger partial charge >= 0.3 is 0 Å². The highest BCUT2D eigenvalue weighted by atomic mass is 35.5. The maximum absolute atomic E-state index is 13.9. The standard InChI is InChI=1S/C48H56ClN5O5S/c1-32-26-41(14-17-44(32)51-30-33-4-11-39(55)12-5-33)60(57,58)52-47(56)42-15-10-38(28-46(42)59-40-13-16-45-35(27-40)19-21-50-45)54-24-22-53(23-25-54)31-36-18-20-48(2,3)29-43(36)34-6-8-37(49)9-7-34/h6-10,13-17,19,21,26-28,33,39,50-51,55H,4-5,11-12,18,20,22-25,29-31H2,1-3H3,(H,52,56)/t33-,39+. The fraction of sp³-hybridized carbons (Fsp3) is 0.396. The van der Waals surface area contributed by atoms with E-state index < -0.39 is 15.9 Å². The minimum absolute atomic E-state index is 0.00236. The average Bonchev–Trinajstić information content (AvgIpc) is 3.70. The van der Waals surface area contributed by atoms with Gasteiger partial charge < -0.3 is 25.0 Å². The van der Waals surface area contributed by atoms with E-state index in [4.69, 9.17) is 16.3 Å². The van der Waals surface area contributed by atoms with Crippen LogP contribution in [0.2, 0.25) is 5.02 Å². The number of rotatable bonds is 12. The number of aliphatic hydroxyl groups excluding tert-OH is 1. The molecule has 4 aromatic carbocycles. The van der Waals surface area contributed by atoms with Crippen LogP contribution in [0.25, 0.3) is 16.5 Å². The maximum atomic E-state index is 13.9. The Kier molecular flexibility index (Phi) is 12.3. The number of aryl methyl sites for hydroxylation is 1. The van der Waals surface area contributed by atoms with E-state index in [-0.39, 0.29) is 27.7 Å². The molecule has 0 radical (unpaired) electrons. The predicted octanol–water partition coefficient (Wildman–Crippen LogP) is 9.79. The third kappa shape index (κ3) is 9.86. The number of carbonyl (C=O) groups excluding carboxylic acids is 1. The molecular weight excluding hydrogens is 794 g/mol. The van der Waals surface area contributed by atoms with E-state index in [0.29, 0.717) is 11.7 Å². The summed E-state index contributed by atoms with van der Waals surface area (Å²) in [5.74, 6) is 0.485. The molecule has 12 heteroatoms. The number of aromatic nitrogens is 1. The Morgan fingerprint density at radius 1 is 0.933 bits per heavy atom. The summed E-state index contributed by atoms with van der Waals surface area (Å²) in [4.78, 5) is 22.0. The quantitative estimate of drug-likeness (QED) is 0.0978. The highest BCUT2D eigenvalue weighted by Crippen LogP contribution is 2.43. The third-order valence-electron chi connectivity index (χ3n) is 12.6. The SMILES string of the molecule is Cc1cc(S(=O)(=O)NC(=O)c2ccc(N3CCN(CC4=C(c5ccc(Cl)cc5)CC(C)(C)CC4)CC3)cc2Oc2ccc3[nH]ccc3c2)ccc1NC[C@H]1CC[C@@H](O)CC1. The normalized spacial score (nSPS) is 20.0. The van der Waals surface area contributed by atoms with Crippen molar-refractivity contribution in [3.8, 4) is 11.5 Å². The highest BCUT2D eigenvalue weighted by Gasteiger charge is 2.30. The first kappa shape index (κ1) is 41.9. The summed E-state index contributed by atoms with van der Waals surface area (Å²) in [6.07, 6.45) is 8.47. The van der Waals surface area contributed by atoms with Crippen molar-refractivity contribution in [3.05, 3.63) is 118 Å². The van der Waals surface area contributed by atoms with E-state index in [1.165, 1.54) is 22.8 Å². The molecule has 0 spiro atoms. The number of aromatic amines is 1. The number of amides is 1. The van der Waals surface area contributed by atoms with E-state index in [9.17, 15) is 18.3 Å². The number of nitrogens with one attached hydrogen (secondary N) is 3. The van der Waals surface area contributed by atoms with Gasteiger partial charge in [0.05, 0.1) is 16.6 Å². The van der Waals surface area contributed by atoms with Crippen LogP contribution in [0.1, 0.15) is 80.3 Å². The summed E-state index contributed by atoms with van der Waals surface area (Å²) in [5.41, 5.74) is 8.03. The van der Waals surface area contributed by atoms with Crippen molar-refractivity contribution >= 4 is 55.4 Å². The van der Waals surface area contributed by atoms with E-state index in [1.807, 2.05) is 61.7 Å². The molecule has 0 bridgehead atoms. The number of benzene rings is 4. The maximum Gasteiger partial charge on any atom is 0.268 e. The fourth-order valence-electron chi connectivity index (χ4n) is 8.94. The first-order chi connectivity index (χ1) is 28.8. The molecular formula is C48H56ClN5O5S. The number of sulfonamides is 1. The second kappa shape index (κ2) is 17.7. The minimum Gasteiger partial charge on any atom is -0.456 e. The van der Waals surface area contributed by atoms with Gasteiger partial charge in [-0.3, -0.25) is 9.69 Å². The summed E-state index contributed by atoms with van der Waals surface area (Å²) in [7, 11) is -4.22. The first-order valence-electron chi connectivity index (χ1n) is 21.2. The summed E-state index contributed by atoms with van der Waals surface area (Å²) in [6, 6.07) is 26.1. The van der Waals surface area contributed by atoms with Crippen LogP contribution in [0.3, 0.4) is 0 Å². The molecule has 1 amide bonds. The monoisotopic (exact) mass is 849 g/mol. The zero-order valence-electron chi connectivity index (χ0n) is 34.8. The van der Waals surface area contributed by atoms with Crippen LogP contribution in [-0.2, 0) is 10.0 Å².